The molecule has 2 amide bonds. The van der Waals surface area contributed by atoms with Gasteiger partial charge < -0.3 is 19.3 Å². The molecule has 3 rings (SSSR count). The first kappa shape index (κ1) is 21.9. The second-order valence-electron chi connectivity index (χ2n) is 7.52. The van der Waals surface area contributed by atoms with E-state index >= 15 is 0 Å². The van der Waals surface area contributed by atoms with Crippen LogP contribution in [0.15, 0.2) is 24.3 Å². The predicted octanol–water partition coefficient (Wildman–Crippen LogP) is 0.694. The lowest BCUT2D eigenvalue weighted by Crippen LogP contribution is -2.44. The van der Waals surface area contributed by atoms with E-state index in [-0.39, 0.29) is 31.8 Å². The minimum atomic E-state index is -4.61. The van der Waals surface area contributed by atoms with Gasteiger partial charge in [0.15, 0.2) is 0 Å². The summed E-state index contributed by atoms with van der Waals surface area (Å²) in [5.74, 6) is -3.05. The molecule has 0 aliphatic carbocycles. The van der Waals surface area contributed by atoms with Crippen LogP contribution in [0.1, 0.15) is 26.7 Å². The van der Waals surface area contributed by atoms with E-state index in [1.807, 2.05) is 6.92 Å². The minimum absolute atomic E-state index is 0.0356. The number of esters is 1. The topological polar surface area (TPSA) is 140 Å². The maximum absolute atomic E-state index is 13.1. The number of ether oxygens (including phenoxy) is 2. The zero-order chi connectivity index (χ0) is 21.6. The molecule has 4 atom stereocenters. The van der Waals surface area contributed by atoms with Gasteiger partial charge in [-0.25, -0.2) is 9.36 Å². The SMILES string of the molecule is C=C(C)C(=O)OCC12C=CC(CC)(O1)C1C(=O)N(CCCOP(=O)(O)O)C(=O)C12. The van der Waals surface area contributed by atoms with Gasteiger partial charge in [0.2, 0.25) is 11.8 Å². The lowest BCUT2D eigenvalue weighted by atomic mass is 9.71. The van der Waals surface area contributed by atoms with E-state index in [4.69, 9.17) is 19.3 Å². The van der Waals surface area contributed by atoms with Gasteiger partial charge in [-0.05, 0) is 25.8 Å². The van der Waals surface area contributed by atoms with Crippen molar-refractivity contribution in [2.24, 2.45) is 11.8 Å². The van der Waals surface area contributed by atoms with E-state index in [1.165, 1.54) is 6.92 Å². The summed E-state index contributed by atoms with van der Waals surface area (Å²) in [6.45, 7) is 6.32. The number of nitrogens with zero attached hydrogens (tertiary/aromatic N) is 1. The largest absolute Gasteiger partial charge is 0.469 e. The van der Waals surface area contributed by atoms with Gasteiger partial charge in [0.1, 0.15) is 12.2 Å². The van der Waals surface area contributed by atoms with Crippen LogP contribution in [0.4, 0.5) is 0 Å². The number of likely N-dealkylation sites (tertiary alicyclic amines) is 1. The van der Waals surface area contributed by atoms with Crippen molar-refractivity contribution in [2.75, 3.05) is 19.8 Å². The highest BCUT2D eigenvalue weighted by Crippen LogP contribution is 2.58. The molecule has 2 saturated heterocycles. The number of hydrogen-bond donors (Lipinski definition) is 2. The summed E-state index contributed by atoms with van der Waals surface area (Å²) in [7, 11) is -4.61. The summed E-state index contributed by atoms with van der Waals surface area (Å²) in [4.78, 5) is 56.4. The Labute approximate surface area is 167 Å². The Morgan fingerprint density at radius 2 is 1.86 bits per heavy atom. The van der Waals surface area contributed by atoms with Gasteiger partial charge in [-0.3, -0.25) is 19.0 Å². The monoisotopic (exact) mass is 429 g/mol. The molecule has 0 aromatic heterocycles. The fraction of sp³-hybridized carbons (Fsp3) is 0.611. The van der Waals surface area contributed by atoms with Gasteiger partial charge in [-0.1, -0.05) is 19.6 Å². The number of carbonyl (C=O) groups excluding carboxylic acids is 3. The third-order valence-electron chi connectivity index (χ3n) is 5.59. The predicted molar refractivity (Wildman–Crippen MR) is 98.1 cm³/mol. The van der Waals surface area contributed by atoms with Gasteiger partial charge in [0.25, 0.3) is 0 Å². The Balaban J connectivity index is 1.77. The van der Waals surface area contributed by atoms with Crippen LogP contribution in [-0.2, 0) is 32.9 Å². The number of amides is 2. The molecule has 3 aliphatic rings. The Bertz CT molecular complexity index is 833. The maximum atomic E-state index is 13.1. The molecule has 0 spiro atoms. The number of phosphoric acid groups is 1. The van der Waals surface area contributed by atoms with Crippen LogP contribution >= 0.6 is 7.82 Å². The Morgan fingerprint density at radius 3 is 2.41 bits per heavy atom. The molecule has 2 fully saturated rings. The third-order valence-corrected chi connectivity index (χ3v) is 6.11. The average Bonchev–Trinajstić information content (AvgIpc) is 3.24. The first-order valence-corrected chi connectivity index (χ1v) is 10.8. The summed E-state index contributed by atoms with van der Waals surface area (Å²) in [5.41, 5.74) is -1.97. The highest BCUT2D eigenvalue weighted by molar-refractivity contribution is 7.46. The maximum Gasteiger partial charge on any atom is 0.469 e. The molecule has 2 bridgehead atoms. The summed E-state index contributed by atoms with van der Waals surface area (Å²) in [6.07, 6.45) is 3.98. The number of phosphoric ester groups is 1. The van der Waals surface area contributed by atoms with Crippen molar-refractivity contribution >= 4 is 25.6 Å². The lowest BCUT2D eigenvalue weighted by molar-refractivity contribution is -0.158. The molecule has 0 aromatic carbocycles. The van der Waals surface area contributed by atoms with Gasteiger partial charge in [-0.15, -0.1) is 0 Å². The van der Waals surface area contributed by atoms with Crippen molar-refractivity contribution in [3.8, 4) is 0 Å². The summed E-state index contributed by atoms with van der Waals surface area (Å²) < 4.78 is 26.5. The van der Waals surface area contributed by atoms with Crippen molar-refractivity contribution in [1.82, 2.24) is 4.90 Å². The van der Waals surface area contributed by atoms with Gasteiger partial charge in [0.05, 0.1) is 24.0 Å². The Morgan fingerprint density at radius 1 is 1.28 bits per heavy atom. The average molecular weight is 429 g/mol. The van der Waals surface area contributed by atoms with Crippen LogP contribution in [0, 0.1) is 11.8 Å². The van der Waals surface area contributed by atoms with Gasteiger partial charge in [-0.2, -0.15) is 0 Å². The molecule has 0 radical (unpaired) electrons. The number of imide groups is 1. The van der Waals surface area contributed by atoms with Crippen LogP contribution < -0.4 is 0 Å². The van der Waals surface area contributed by atoms with Crippen molar-refractivity contribution in [3.05, 3.63) is 24.3 Å². The van der Waals surface area contributed by atoms with Crippen LogP contribution in [0.3, 0.4) is 0 Å². The molecule has 10 nitrogen and oxygen atoms in total. The zero-order valence-corrected chi connectivity index (χ0v) is 17.1. The molecule has 29 heavy (non-hydrogen) atoms. The van der Waals surface area contributed by atoms with E-state index in [1.54, 1.807) is 12.2 Å². The quantitative estimate of drug-likeness (QED) is 0.135. The van der Waals surface area contributed by atoms with Crippen molar-refractivity contribution in [1.29, 1.82) is 0 Å². The van der Waals surface area contributed by atoms with E-state index in [0.717, 1.165) is 4.90 Å². The molecule has 0 aromatic rings. The standard InChI is InChI=1S/C18H24NO9P/c1-4-17-6-7-18(28-17,10-26-16(22)11(2)3)13-12(17)14(20)19(15(13)21)8-5-9-27-29(23,24)25/h6-7,12-13H,2,4-5,8-10H2,1,3H3,(H2,23,24,25). The number of fused-ring (bicyclic) bond motifs is 5. The Hall–Kier alpha value is -1.84. The first-order valence-electron chi connectivity index (χ1n) is 9.25. The summed E-state index contributed by atoms with van der Waals surface area (Å²) >= 11 is 0. The van der Waals surface area contributed by atoms with Crippen molar-refractivity contribution < 1.29 is 42.7 Å². The fourth-order valence-corrected chi connectivity index (χ4v) is 4.62. The molecule has 160 valence electrons. The molecular formula is C18H24NO9P. The third kappa shape index (κ3) is 3.71. The lowest BCUT2D eigenvalue weighted by Gasteiger charge is -2.29. The molecule has 11 heteroatoms. The van der Waals surface area contributed by atoms with Gasteiger partial charge in [0, 0.05) is 12.1 Å². The van der Waals surface area contributed by atoms with E-state index < -0.39 is 48.6 Å². The van der Waals surface area contributed by atoms with E-state index in [0.29, 0.717) is 6.42 Å². The van der Waals surface area contributed by atoms with Crippen molar-refractivity contribution in [2.45, 2.75) is 37.9 Å². The second-order valence-corrected chi connectivity index (χ2v) is 8.76. The molecule has 0 saturated carbocycles. The van der Waals surface area contributed by atoms with Crippen LogP contribution in [0.5, 0.6) is 0 Å². The highest BCUT2D eigenvalue weighted by Gasteiger charge is 2.73. The zero-order valence-electron chi connectivity index (χ0n) is 16.2. The van der Waals surface area contributed by atoms with Crippen LogP contribution in [-0.4, -0.2) is 63.4 Å². The molecule has 3 aliphatic heterocycles. The minimum Gasteiger partial charge on any atom is -0.459 e. The number of rotatable bonds is 9. The van der Waals surface area contributed by atoms with Crippen LogP contribution in [0.25, 0.3) is 0 Å². The molecule has 4 unspecified atom stereocenters. The number of carbonyl (C=O) groups is 3. The first-order chi connectivity index (χ1) is 13.5. The normalized spacial score (nSPS) is 32.8. The van der Waals surface area contributed by atoms with Gasteiger partial charge >= 0.3 is 13.8 Å². The van der Waals surface area contributed by atoms with Crippen LogP contribution in [0.2, 0.25) is 0 Å². The van der Waals surface area contributed by atoms with E-state index in [9.17, 15) is 18.9 Å². The fourth-order valence-electron chi connectivity index (χ4n) is 4.26. The Kier molecular flexibility index (Phi) is 5.61. The summed E-state index contributed by atoms with van der Waals surface area (Å²) in [5, 5.41) is 0. The second kappa shape index (κ2) is 7.45. The molecule has 2 N–H and O–H groups in total. The molecule has 3 heterocycles. The smallest absolute Gasteiger partial charge is 0.459 e. The highest BCUT2D eigenvalue weighted by atomic mass is 31.2. The summed E-state index contributed by atoms with van der Waals surface area (Å²) in [6, 6.07) is 0. The number of hydrogen-bond acceptors (Lipinski definition) is 7. The van der Waals surface area contributed by atoms with Crippen molar-refractivity contribution in [3.63, 3.8) is 0 Å². The molecular weight excluding hydrogens is 405 g/mol. The van der Waals surface area contributed by atoms with E-state index in [2.05, 4.69) is 11.1 Å².